The van der Waals surface area contributed by atoms with Gasteiger partial charge in [0.15, 0.2) is 0 Å². The molecule has 1 saturated carbocycles. The number of hydrogen-bond acceptors (Lipinski definition) is 5. The van der Waals surface area contributed by atoms with Crippen LogP contribution in [0.4, 0.5) is 10.1 Å². The van der Waals surface area contributed by atoms with E-state index in [1.165, 1.54) is 18.6 Å². The van der Waals surface area contributed by atoms with Gasteiger partial charge < -0.3 is 15.0 Å². The second-order valence-corrected chi connectivity index (χ2v) is 12.3. The van der Waals surface area contributed by atoms with E-state index in [0.29, 0.717) is 23.4 Å². The summed E-state index contributed by atoms with van der Waals surface area (Å²) in [6.07, 6.45) is 4.11. The topological polar surface area (TPSA) is 75.7 Å². The van der Waals surface area contributed by atoms with Crippen molar-refractivity contribution in [3.63, 3.8) is 0 Å². The maximum Gasteiger partial charge on any atom is 0.251 e. The van der Waals surface area contributed by atoms with E-state index < -0.39 is 15.7 Å². The fourth-order valence-electron chi connectivity index (χ4n) is 4.14. The molecule has 3 aromatic rings. The van der Waals surface area contributed by atoms with Crippen LogP contribution >= 0.6 is 0 Å². The number of aryl methyl sites for hydroxylation is 1. The van der Waals surface area contributed by atoms with Crippen LogP contribution in [-0.4, -0.2) is 40.8 Å². The quantitative estimate of drug-likeness (QED) is 0.146. The van der Waals surface area contributed by atoms with Crippen molar-refractivity contribution >= 4 is 26.3 Å². The van der Waals surface area contributed by atoms with Gasteiger partial charge in [-0.1, -0.05) is 52.0 Å². The number of sulfone groups is 1. The predicted molar refractivity (Wildman–Crippen MR) is 165 cm³/mol. The maximum absolute atomic E-state index is 13.4. The Morgan fingerprint density at radius 1 is 1.05 bits per heavy atom. The van der Waals surface area contributed by atoms with Crippen LogP contribution in [0.15, 0.2) is 72.1 Å². The molecule has 0 heterocycles. The van der Waals surface area contributed by atoms with Crippen molar-refractivity contribution in [2.45, 2.75) is 64.3 Å². The molecule has 3 aromatic carbocycles. The summed E-state index contributed by atoms with van der Waals surface area (Å²) in [4.78, 5) is 14.4. The number of carbonyl (C=O) groups is 1. The number of amides is 1. The Kier molecular flexibility index (Phi) is 11.3. The Balaban J connectivity index is 0.00000147. The summed E-state index contributed by atoms with van der Waals surface area (Å²) in [7, 11) is -2.16. The molecule has 4 rings (SSSR count). The first kappa shape index (κ1) is 32.0. The number of carbonyl (C=O) groups excluding carboxylic acids is 1. The molecule has 0 radical (unpaired) electrons. The number of rotatable bonds is 11. The Morgan fingerprint density at radius 3 is 2.32 bits per heavy atom. The van der Waals surface area contributed by atoms with Gasteiger partial charge >= 0.3 is 0 Å². The van der Waals surface area contributed by atoms with Gasteiger partial charge in [-0.25, -0.2) is 12.8 Å². The molecule has 220 valence electrons. The van der Waals surface area contributed by atoms with Crippen molar-refractivity contribution in [1.29, 1.82) is 0 Å². The van der Waals surface area contributed by atoms with Gasteiger partial charge in [-0.15, -0.1) is 0 Å². The van der Waals surface area contributed by atoms with Gasteiger partial charge in [-0.3, -0.25) is 4.79 Å². The first-order valence-corrected chi connectivity index (χ1v) is 15.6. The van der Waals surface area contributed by atoms with E-state index in [9.17, 15) is 17.6 Å². The second-order valence-electron chi connectivity index (χ2n) is 10.3. The molecule has 0 aromatic heterocycles. The Labute approximate surface area is 244 Å². The molecule has 0 unspecified atom stereocenters. The number of nitrogens with one attached hydrogen (secondary N) is 1. The summed E-state index contributed by atoms with van der Waals surface area (Å²) >= 11 is 0. The lowest BCUT2D eigenvalue weighted by molar-refractivity contribution is 0.0951. The molecule has 1 aliphatic rings. The average Bonchev–Trinajstić information content (AvgIpc) is 3.77. The van der Waals surface area contributed by atoms with Crippen molar-refractivity contribution in [2.24, 2.45) is 0 Å². The number of hydrogen-bond donors (Lipinski definition) is 1. The van der Waals surface area contributed by atoms with Gasteiger partial charge in [0.2, 0.25) is 9.84 Å². The number of nitrogens with zero attached hydrogens (tertiary/aromatic N) is 1. The zero-order valence-electron chi connectivity index (χ0n) is 24.7. The summed E-state index contributed by atoms with van der Waals surface area (Å²) in [5.41, 5.74) is 4.29. The van der Waals surface area contributed by atoms with Gasteiger partial charge in [0.05, 0.1) is 9.80 Å². The maximum atomic E-state index is 13.4. The molecule has 1 fully saturated rings. The molecule has 0 saturated heterocycles. The van der Waals surface area contributed by atoms with Crippen LogP contribution in [0.5, 0.6) is 0 Å². The van der Waals surface area contributed by atoms with Gasteiger partial charge in [0.1, 0.15) is 12.5 Å². The van der Waals surface area contributed by atoms with Crippen LogP contribution < -0.4 is 10.2 Å². The van der Waals surface area contributed by atoms with E-state index >= 15 is 0 Å². The van der Waals surface area contributed by atoms with Crippen molar-refractivity contribution in [3.05, 3.63) is 89.8 Å². The highest BCUT2D eigenvalue weighted by Crippen LogP contribution is 2.37. The molecular formula is C33H41FN2O4S. The fraction of sp³-hybridized carbons (Fsp3) is 0.364. The molecule has 41 heavy (non-hydrogen) atoms. The smallest absolute Gasteiger partial charge is 0.251 e. The van der Waals surface area contributed by atoms with Crippen LogP contribution in [0, 0.1) is 12.7 Å². The third kappa shape index (κ3) is 8.27. The average molecular weight is 581 g/mol. The molecule has 0 spiro atoms. The standard InChI is InChI=1S/C30H33FN2O4S.C3H8/c1-5-16-37-19-33(4)29-18-22(28-17-23(7-6-20(28)2)30(34)32-25-11-12-25)8-15-27(29)21(3)38(35,36)26-13-9-24(31)10-14-26;1-3-2/h6-10,13-15,17-18,25H,3,5,11-12,16,19H2,1-2,4H3,(H,32,34);3H2,1-2H3. The molecule has 0 aliphatic heterocycles. The summed E-state index contributed by atoms with van der Waals surface area (Å²) in [5, 5.41) is 3.02. The minimum atomic E-state index is -3.98. The van der Waals surface area contributed by atoms with E-state index in [1.807, 2.05) is 56.1 Å². The zero-order chi connectivity index (χ0) is 30.2. The van der Waals surface area contributed by atoms with E-state index in [0.717, 1.165) is 48.1 Å². The third-order valence-corrected chi connectivity index (χ3v) is 8.28. The number of ether oxygens (including phenoxy) is 1. The lowest BCUT2D eigenvalue weighted by atomic mass is 9.96. The summed E-state index contributed by atoms with van der Waals surface area (Å²) < 4.78 is 45.9. The molecule has 6 nitrogen and oxygen atoms in total. The minimum Gasteiger partial charge on any atom is -0.361 e. The molecule has 1 N–H and O–H groups in total. The molecule has 1 aliphatic carbocycles. The van der Waals surface area contributed by atoms with Crippen LogP contribution in [0.1, 0.15) is 67.9 Å². The monoisotopic (exact) mass is 580 g/mol. The fourth-order valence-corrected chi connectivity index (χ4v) is 5.38. The summed E-state index contributed by atoms with van der Waals surface area (Å²) in [6, 6.07) is 16.0. The summed E-state index contributed by atoms with van der Waals surface area (Å²) in [6.45, 7) is 13.0. The van der Waals surface area contributed by atoms with Gasteiger partial charge in [-0.2, -0.15) is 0 Å². The highest BCUT2D eigenvalue weighted by molar-refractivity contribution is 8.00. The Hall–Kier alpha value is -3.49. The van der Waals surface area contributed by atoms with Gasteiger partial charge in [0, 0.05) is 36.5 Å². The Morgan fingerprint density at radius 2 is 1.71 bits per heavy atom. The summed E-state index contributed by atoms with van der Waals surface area (Å²) in [5.74, 6) is -0.620. The van der Waals surface area contributed by atoms with Crippen molar-refractivity contribution in [2.75, 3.05) is 25.3 Å². The van der Waals surface area contributed by atoms with E-state index in [4.69, 9.17) is 4.74 Å². The number of anilines is 1. The first-order chi connectivity index (χ1) is 19.5. The normalized spacial score (nSPS) is 12.7. The zero-order valence-corrected chi connectivity index (χ0v) is 25.5. The molecule has 8 heteroatoms. The SMILES string of the molecule is C=C(c1ccc(-c2cc(C(=O)NC3CC3)ccc2C)cc1N(C)COCCC)S(=O)(=O)c1ccc(F)cc1.CCC. The van der Waals surface area contributed by atoms with Crippen LogP contribution in [0.25, 0.3) is 16.0 Å². The highest BCUT2D eigenvalue weighted by atomic mass is 32.2. The van der Waals surface area contributed by atoms with Gasteiger partial charge in [-0.05, 0) is 85.3 Å². The van der Waals surface area contributed by atoms with E-state index in [1.54, 1.807) is 6.07 Å². The lowest BCUT2D eigenvalue weighted by Gasteiger charge is -2.24. The van der Waals surface area contributed by atoms with Crippen molar-refractivity contribution < 1.29 is 22.3 Å². The predicted octanol–water partition coefficient (Wildman–Crippen LogP) is 7.37. The molecular weight excluding hydrogens is 539 g/mol. The first-order valence-electron chi connectivity index (χ1n) is 14.1. The van der Waals surface area contributed by atoms with Crippen molar-refractivity contribution in [3.8, 4) is 11.1 Å². The minimum absolute atomic E-state index is 0.0333. The van der Waals surface area contributed by atoms with Crippen LogP contribution in [0.3, 0.4) is 0 Å². The van der Waals surface area contributed by atoms with Crippen molar-refractivity contribution in [1.82, 2.24) is 5.32 Å². The number of benzene rings is 3. The molecule has 1 amide bonds. The third-order valence-electron chi connectivity index (χ3n) is 6.51. The van der Waals surface area contributed by atoms with Crippen LogP contribution in [-0.2, 0) is 14.6 Å². The van der Waals surface area contributed by atoms with E-state index in [2.05, 4.69) is 25.7 Å². The van der Waals surface area contributed by atoms with Crippen LogP contribution in [0.2, 0.25) is 0 Å². The largest absolute Gasteiger partial charge is 0.361 e. The van der Waals surface area contributed by atoms with E-state index in [-0.39, 0.29) is 28.5 Å². The molecule has 0 atom stereocenters. The number of halogens is 1. The second kappa shape index (κ2) is 14.4. The molecule has 0 bridgehead atoms. The lowest BCUT2D eigenvalue weighted by Crippen LogP contribution is -2.25. The Bertz CT molecular complexity index is 1470. The highest BCUT2D eigenvalue weighted by Gasteiger charge is 2.26. The van der Waals surface area contributed by atoms with Gasteiger partial charge in [0.25, 0.3) is 5.91 Å².